The quantitative estimate of drug-likeness (QED) is 0.884. The van der Waals surface area contributed by atoms with Crippen molar-refractivity contribution < 1.29 is 4.79 Å². The zero-order valence-electron chi connectivity index (χ0n) is 9.01. The summed E-state index contributed by atoms with van der Waals surface area (Å²) >= 11 is 5.69. The molecule has 1 amide bonds. The van der Waals surface area contributed by atoms with E-state index in [0.29, 0.717) is 22.4 Å². The average Bonchev–Trinajstić information content (AvgIpc) is 2.32. The van der Waals surface area contributed by atoms with Crippen molar-refractivity contribution in [3.8, 4) is 0 Å². The number of pyridine rings is 1. The number of aryl methyl sites for hydroxylation is 1. The van der Waals surface area contributed by atoms with E-state index in [4.69, 9.17) is 11.6 Å². The van der Waals surface area contributed by atoms with Gasteiger partial charge in [0, 0.05) is 12.4 Å². The Morgan fingerprint density at radius 3 is 2.76 bits per heavy atom. The zero-order chi connectivity index (χ0) is 12.3. The van der Waals surface area contributed by atoms with Gasteiger partial charge in [-0.2, -0.15) is 0 Å². The smallest absolute Gasteiger partial charge is 0.275 e. The number of nitrogens with one attached hydrogen (secondary N) is 1. The van der Waals surface area contributed by atoms with Gasteiger partial charge in [0.1, 0.15) is 17.3 Å². The molecule has 0 bridgehead atoms. The minimum Gasteiger partial charge on any atom is -0.305 e. The molecule has 0 unspecified atom stereocenters. The molecule has 0 saturated carbocycles. The maximum Gasteiger partial charge on any atom is 0.275 e. The number of carbonyl (C=O) groups excluding carboxylic acids is 1. The van der Waals surface area contributed by atoms with E-state index < -0.39 is 0 Å². The van der Waals surface area contributed by atoms with Crippen molar-refractivity contribution in [2.45, 2.75) is 6.92 Å². The van der Waals surface area contributed by atoms with Gasteiger partial charge in [0.25, 0.3) is 5.91 Å². The van der Waals surface area contributed by atoms with Crippen molar-refractivity contribution in [1.29, 1.82) is 0 Å². The van der Waals surface area contributed by atoms with Crippen LogP contribution in [0.2, 0.25) is 5.02 Å². The van der Waals surface area contributed by atoms with Crippen molar-refractivity contribution >= 4 is 23.3 Å². The molecule has 2 heterocycles. The van der Waals surface area contributed by atoms with Crippen LogP contribution in [-0.4, -0.2) is 20.9 Å². The van der Waals surface area contributed by atoms with Gasteiger partial charge in [0.15, 0.2) is 0 Å². The highest BCUT2D eigenvalue weighted by Gasteiger charge is 2.08. The fraction of sp³-hybridized carbons (Fsp3) is 0.0909. The normalized spacial score (nSPS) is 10.0. The van der Waals surface area contributed by atoms with Crippen LogP contribution in [0.25, 0.3) is 0 Å². The summed E-state index contributed by atoms with van der Waals surface area (Å²) in [7, 11) is 0. The second kappa shape index (κ2) is 4.88. The number of carbonyl (C=O) groups is 1. The Morgan fingerprint density at radius 1 is 1.29 bits per heavy atom. The zero-order valence-corrected chi connectivity index (χ0v) is 9.77. The Hall–Kier alpha value is -2.01. The molecule has 0 atom stereocenters. The second-order valence-corrected chi connectivity index (χ2v) is 3.74. The van der Waals surface area contributed by atoms with Crippen LogP contribution in [0.3, 0.4) is 0 Å². The van der Waals surface area contributed by atoms with Gasteiger partial charge >= 0.3 is 0 Å². The largest absolute Gasteiger partial charge is 0.305 e. The highest BCUT2D eigenvalue weighted by atomic mass is 35.5. The van der Waals surface area contributed by atoms with E-state index in [1.165, 1.54) is 18.5 Å². The van der Waals surface area contributed by atoms with Gasteiger partial charge in [-0.05, 0) is 25.1 Å². The molecule has 0 saturated heterocycles. The highest BCUT2D eigenvalue weighted by molar-refractivity contribution is 6.30. The van der Waals surface area contributed by atoms with E-state index in [1.54, 1.807) is 19.1 Å². The number of halogens is 1. The summed E-state index contributed by atoms with van der Waals surface area (Å²) in [6, 6.07) is 4.81. The Morgan fingerprint density at radius 2 is 2.12 bits per heavy atom. The first-order valence-corrected chi connectivity index (χ1v) is 5.25. The maximum atomic E-state index is 11.8. The third-order valence-electron chi connectivity index (χ3n) is 1.98. The predicted octanol–water partition coefficient (Wildman–Crippen LogP) is 2.09. The van der Waals surface area contributed by atoms with Crippen molar-refractivity contribution in [3.63, 3.8) is 0 Å². The Balaban J connectivity index is 2.14. The van der Waals surface area contributed by atoms with Crippen molar-refractivity contribution in [2.24, 2.45) is 0 Å². The predicted molar refractivity (Wildman–Crippen MR) is 64.0 cm³/mol. The molecule has 0 aliphatic heterocycles. The molecule has 2 rings (SSSR count). The van der Waals surface area contributed by atoms with Gasteiger partial charge < -0.3 is 5.32 Å². The molecule has 17 heavy (non-hydrogen) atoms. The molecule has 6 heteroatoms. The van der Waals surface area contributed by atoms with Crippen molar-refractivity contribution in [1.82, 2.24) is 15.0 Å². The number of rotatable bonds is 2. The Bertz CT molecular complexity index is 541. The minimum absolute atomic E-state index is 0.300. The van der Waals surface area contributed by atoms with Crippen molar-refractivity contribution in [3.05, 3.63) is 47.1 Å². The highest BCUT2D eigenvalue weighted by Crippen LogP contribution is 2.10. The lowest BCUT2D eigenvalue weighted by atomic mass is 10.3. The van der Waals surface area contributed by atoms with Gasteiger partial charge in [-0.3, -0.25) is 4.79 Å². The standard InChI is InChI=1S/C11H9ClN4O/c1-7-13-5-4-9(15-7)11(17)16-10-3-2-8(12)6-14-10/h2-6H,1H3,(H,14,16,17). The molecule has 0 spiro atoms. The van der Waals surface area contributed by atoms with E-state index in [1.807, 2.05) is 0 Å². The summed E-state index contributed by atoms with van der Waals surface area (Å²) in [4.78, 5) is 23.7. The van der Waals surface area contributed by atoms with Gasteiger partial charge in [0.2, 0.25) is 0 Å². The molecule has 2 aromatic rings. The van der Waals surface area contributed by atoms with E-state index in [0.717, 1.165) is 0 Å². The molecule has 0 aliphatic carbocycles. The fourth-order valence-corrected chi connectivity index (χ4v) is 1.32. The Labute approximate surface area is 103 Å². The van der Waals surface area contributed by atoms with Crippen molar-refractivity contribution in [2.75, 3.05) is 5.32 Å². The first-order valence-electron chi connectivity index (χ1n) is 4.88. The van der Waals surface area contributed by atoms with Crippen LogP contribution in [0.5, 0.6) is 0 Å². The van der Waals surface area contributed by atoms with Gasteiger partial charge in [0.05, 0.1) is 5.02 Å². The van der Waals surface area contributed by atoms with Gasteiger partial charge in [-0.15, -0.1) is 0 Å². The SMILES string of the molecule is Cc1nccc(C(=O)Nc2ccc(Cl)cn2)n1. The summed E-state index contributed by atoms with van der Waals surface area (Å²) < 4.78 is 0. The number of hydrogen-bond donors (Lipinski definition) is 1. The number of aromatic nitrogens is 3. The lowest BCUT2D eigenvalue weighted by Gasteiger charge is -2.03. The van der Waals surface area contributed by atoms with Crippen LogP contribution >= 0.6 is 11.6 Å². The third-order valence-corrected chi connectivity index (χ3v) is 2.20. The van der Waals surface area contributed by atoms with Crippen LogP contribution < -0.4 is 5.32 Å². The summed E-state index contributed by atoms with van der Waals surface area (Å²) in [6.45, 7) is 1.72. The van der Waals surface area contributed by atoms with E-state index in [9.17, 15) is 4.79 Å². The molecule has 5 nitrogen and oxygen atoms in total. The lowest BCUT2D eigenvalue weighted by molar-refractivity contribution is 0.102. The molecule has 2 aromatic heterocycles. The molecule has 1 N–H and O–H groups in total. The molecular weight excluding hydrogens is 240 g/mol. The minimum atomic E-state index is -0.328. The topological polar surface area (TPSA) is 67.8 Å². The maximum absolute atomic E-state index is 11.8. The van der Waals surface area contributed by atoms with E-state index in [-0.39, 0.29) is 5.91 Å². The van der Waals surface area contributed by atoms with Crippen LogP contribution in [0, 0.1) is 6.92 Å². The first kappa shape index (κ1) is 11.5. The summed E-state index contributed by atoms with van der Waals surface area (Å²) in [5, 5.41) is 3.13. The third kappa shape index (κ3) is 2.98. The molecule has 0 fully saturated rings. The number of hydrogen-bond acceptors (Lipinski definition) is 4. The molecule has 0 radical (unpaired) electrons. The van der Waals surface area contributed by atoms with E-state index in [2.05, 4.69) is 20.3 Å². The number of nitrogens with zero attached hydrogens (tertiary/aromatic N) is 3. The van der Waals surface area contributed by atoms with Crippen LogP contribution in [0.4, 0.5) is 5.82 Å². The molecule has 86 valence electrons. The monoisotopic (exact) mass is 248 g/mol. The molecule has 0 aromatic carbocycles. The second-order valence-electron chi connectivity index (χ2n) is 3.30. The summed E-state index contributed by atoms with van der Waals surface area (Å²) in [5.41, 5.74) is 0.300. The Kier molecular flexibility index (Phi) is 3.30. The number of amides is 1. The first-order chi connectivity index (χ1) is 8.15. The average molecular weight is 249 g/mol. The lowest BCUT2D eigenvalue weighted by Crippen LogP contribution is -2.15. The summed E-state index contributed by atoms with van der Waals surface area (Å²) in [6.07, 6.45) is 2.99. The van der Waals surface area contributed by atoms with Gasteiger partial charge in [-0.1, -0.05) is 11.6 Å². The van der Waals surface area contributed by atoms with Gasteiger partial charge in [-0.25, -0.2) is 15.0 Å². The molecule has 0 aliphatic rings. The van der Waals surface area contributed by atoms with E-state index >= 15 is 0 Å². The fourth-order valence-electron chi connectivity index (χ4n) is 1.21. The summed E-state index contributed by atoms with van der Waals surface area (Å²) in [5.74, 6) is 0.641. The van der Waals surface area contributed by atoms with Crippen LogP contribution in [-0.2, 0) is 0 Å². The number of anilines is 1. The van der Waals surface area contributed by atoms with Crippen LogP contribution in [0.1, 0.15) is 16.3 Å². The molecular formula is C11H9ClN4O. The van der Waals surface area contributed by atoms with Crippen LogP contribution in [0.15, 0.2) is 30.6 Å².